The number of rotatable bonds is 5. The summed E-state index contributed by atoms with van der Waals surface area (Å²) in [6, 6.07) is 12.1. The largest absolute Gasteiger partial charge is 0.325 e. The van der Waals surface area contributed by atoms with Crippen LogP contribution in [0.15, 0.2) is 47.4 Å². The maximum Gasteiger partial charge on any atom is 0.325 e. The standard InChI is InChI=1S/C20H20N4O4S2/c1-13-3-5-14(6-4-13)24-10-9-23(20(24)26)12-18(25)22-19-21-16-8-7-15(30(2,27)28)11-17(16)29-19/h3-8,11H,9-10,12H2,1-2H3,(H,21,22,25). The van der Waals surface area contributed by atoms with Crippen molar-refractivity contribution in [2.24, 2.45) is 0 Å². The van der Waals surface area contributed by atoms with Crippen LogP contribution in [0.2, 0.25) is 0 Å². The number of nitrogens with zero attached hydrogens (tertiary/aromatic N) is 3. The Morgan fingerprint density at radius 2 is 1.90 bits per heavy atom. The zero-order valence-electron chi connectivity index (χ0n) is 16.5. The number of benzene rings is 2. The van der Waals surface area contributed by atoms with E-state index in [1.165, 1.54) is 22.3 Å². The first kappa shape index (κ1) is 20.3. The minimum Gasteiger partial charge on any atom is -0.313 e. The average Bonchev–Trinajstić information content (AvgIpc) is 3.24. The summed E-state index contributed by atoms with van der Waals surface area (Å²) in [5.41, 5.74) is 2.52. The number of amides is 3. The number of carbonyl (C=O) groups is 2. The Hall–Kier alpha value is -2.98. The number of hydrogen-bond acceptors (Lipinski definition) is 6. The van der Waals surface area contributed by atoms with Crippen molar-refractivity contribution in [1.29, 1.82) is 0 Å². The molecule has 4 rings (SSSR count). The minimum atomic E-state index is -3.32. The van der Waals surface area contributed by atoms with E-state index in [2.05, 4.69) is 10.3 Å². The molecule has 2 heterocycles. The van der Waals surface area contributed by atoms with E-state index >= 15 is 0 Å². The van der Waals surface area contributed by atoms with Gasteiger partial charge in [-0.3, -0.25) is 9.69 Å². The molecular formula is C20H20N4O4S2. The van der Waals surface area contributed by atoms with Crippen molar-refractivity contribution in [3.8, 4) is 0 Å². The van der Waals surface area contributed by atoms with Gasteiger partial charge in [-0.1, -0.05) is 29.0 Å². The Labute approximate surface area is 178 Å². The van der Waals surface area contributed by atoms with Gasteiger partial charge in [0.2, 0.25) is 5.91 Å². The lowest BCUT2D eigenvalue weighted by Crippen LogP contribution is -2.37. The SMILES string of the molecule is Cc1ccc(N2CCN(CC(=O)Nc3nc4ccc(S(C)(=O)=O)cc4s3)C2=O)cc1. The van der Waals surface area contributed by atoms with Crippen LogP contribution >= 0.6 is 11.3 Å². The number of thiazole rings is 1. The summed E-state index contributed by atoms with van der Waals surface area (Å²) in [6.07, 6.45) is 1.14. The van der Waals surface area contributed by atoms with Crippen molar-refractivity contribution in [2.75, 3.05) is 36.1 Å². The van der Waals surface area contributed by atoms with E-state index in [0.29, 0.717) is 28.4 Å². The Morgan fingerprint density at radius 3 is 2.60 bits per heavy atom. The van der Waals surface area contributed by atoms with Crippen LogP contribution in [-0.2, 0) is 14.6 Å². The van der Waals surface area contributed by atoms with E-state index in [-0.39, 0.29) is 23.4 Å². The molecule has 1 fully saturated rings. The Morgan fingerprint density at radius 1 is 1.17 bits per heavy atom. The van der Waals surface area contributed by atoms with Gasteiger partial charge in [0.1, 0.15) is 6.54 Å². The van der Waals surface area contributed by atoms with Crippen molar-refractivity contribution in [1.82, 2.24) is 9.88 Å². The summed E-state index contributed by atoms with van der Waals surface area (Å²) in [5.74, 6) is -0.350. The van der Waals surface area contributed by atoms with E-state index in [9.17, 15) is 18.0 Å². The second-order valence-electron chi connectivity index (χ2n) is 7.16. The van der Waals surface area contributed by atoms with Crippen LogP contribution in [0.4, 0.5) is 15.6 Å². The normalized spacial score (nSPS) is 14.5. The molecule has 30 heavy (non-hydrogen) atoms. The van der Waals surface area contributed by atoms with Crippen LogP contribution in [0.3, 0.4) is 0 Å². The lowest BCUT2D eigenvalue weighted by Gasteiger charge is -2.18. The van der Waals surface area contributed by atoms with Crippen molar-refractivity contribution < 1.29 is 18.0 Å². The lowest BCUT2D eigenvalue weighted by molar-refractivity contribution is -0.116. The summed E-state index contributed by atoms with van der Waals surface area (Å²) >= 11 is 1.19. The molecule has 0 atom stereocenters. The fourth-order valence-electron chi connectivity index (χ4n) is 3.21. The number of sulfone groups is 1. The number of nitrogens with one attached hydrogen (secondary N) is 1. The summed E-state index contributed by atoms with van der Waals surface area (Å²) in [4.78, 5) is 32.8. The summed E-state index contributed by atoms with van der Waals surface area (Å²) in [5, 5.41) is 3.07. The predicted octanol–water partition coefficient (Wildman–Crippen LogP) is 2.89. The number of carbonyl (C=O) groups excluding carboxylic acids is 2. The van der Waals surface area contributed by atoms with Gasteiger partial charge in [0.25, 0.3) is 0 Å². The molecule has 0 unspecified atom stereocenters. The fraction of sp³-hybridized carbons (Fsp3) is 0.250. The number of urea groups is 1. The molecule has 3 amide bonds. The van der Waals surface area contributed by atoms with Gasteiger partial charge in [0, 0.05) is 25.0 Å². The van der Waals surface area contributed by atoms with Gasteiger partial charge in [-0.15, -0.1) is 0 Å². The number of aryl methyl sites for hydroxylation is 1. The Bertz CT molecular complexity index is 1240. The first-order valence-electron chi connectivity index (χ1n) is 9.24. The summed E-state index contributed by atoms with van der Waals surface area (Å²) in [6.45, 7) is 2.88. The Balaban J connectivity index is 1.42. The molecule has 1 aromatic heterocycles. The molecule has 8 nitrogen and oxygen atoms in total. The monoisotopic (exact) mass is 444 g/mol. The first-order chi connectivity index (χ1) is 14.2. The first-order valence-corrected chi connectivity index (χ1v) is 11.9. The van der Waals surface area contributed by atoms with Gasteiger partial charge in [-0.25, -0.2) is 18.2 Å². The Kier molecular flexibility index (Phi) is 5.20. The van der Waals surface area contributed by atoms with Gasteiger partial charge in [-0.05, 0) is 37.3 Å². The second-order valence-corrected chi connectivity index (χ2v) is 10.2. The fourth-order valence-corrected chi connectivity index (χ4v) is 4.86. The minimum absolute atomic E-state index is 0.0777. The third kappa shape index (κ3) is 4.14. The van der Waals surface area contributed by atoms with Gasteiger partial charge in [-0.2, -0.15) is 0 Å². The molecule has 2 aromatic carbocycles. The molecule has 1 aliphatic heterocycles. The van der Waals surface area contributed by atoms with Crippen molar-refractivity contribution in [3.63, 3.8) is 0 Å². The van der Waals surface area contributed by atoms with E-state index in [4.69, 9.17) is 0 Å². The topological polar surface area (TPSA) is 99.7 Å². The van der Waals surface area contributed by atoms with Gasteiger partial charge >= 0.3 is 6.03 Å². The second kappa shape index (κ2) is 7.69. The zero-order valence-corrected chi connectivity index (χ0v) is 18.1. The maximum absolute atomic E-state index is 12.7. The quantitative estimate of drug-likeness (QED) is 0.652. The van der Waals surface area contributed by atoms with Crippen LogP contribution < -0.4 is 10.2 Å². The van der Waals surface area contributed by atoms with Crippen LogP contribution in [0.1, 0.15) is 5.56 Å². The molecule has 156 valence electrons. The number of anilines is 2. The molecule has 0 bridgehead atoms. The number of fused-ring (bicyclic) bond motifs is 1. The van der Waals surface area contributed by atoms with Crippen LogP contribution in [-0.4, -0.2) is 56.1 Å². The van der Waals surface area contributed by atoms with Crippen molar-refractivity contribution >= 4 is 54.1 Å². The highest BCUT2D eigenvalue weighted by Crippen LogP contribution is 2.28. The maximum atomic E-state index is 12.7. The molecule has 1 aliphatic rings. The molecule has 1 N–H and O–H groups in total. The summed E-state index contributed by atoms with van der Waals surface area (Å²) < 4.78 is 24.1. The number of hydrogen-bond donors (Lipinski definition) is 1. The molecule has 10 heteroatoms. The zero-order chi connectivity index (χ0) is 21.5. The molecule has 0 aliphatic carbocycles. The summed E-state index contributed by atoms with van der Waals surface area (Å²) in [7, 11) is -3.32. The average molecular weight is 445 g/mol. The van der Waals surface area contributed by atoms with Crippen LogP contribution in [0.25, 0.3) is 10.2 Å². The molecule has 0 saturated carbocycles. The molecule has 1 saturated heterocycles. The van der Waals surface area contributed by atoms with Gasteiger partial charge < -0.3 is 10.2 Å². The van der Waals surface area contributed by atoms with E-state index in [0.717, 1.165) is 17.5 Å². The van der Waals surface area contributed by atoms with E-state index in [1.807, 2.05) is 31.2 Å². The third-order valence-electron chi connectivity index (χ3n) is 4.81. The number of aromatic nitrogens is 1. The molecule has 3 aromatic rings. The van der Waals surface area contributed by atoms with E-state index < -0.39 is 9.84 Å². The van der Waals surface area contributed by atoms with Crippen LogP contribution in [0, 0.1) is 6.92 Å². The molecule has 0 radical (unpaired) electrons. The molecular weight excluding hydrogens is 424 g/mol. The van der Waals surface area contributed by atoms with E-state index in [1.54, 1.807) is 17.0 Å². The lowest BCUT2D eigenvalue weighted by atomic mass is 10.2. The highest BCUT2D eigenvalue weighted by atomic mass is 32.2. The van der Waals surface area contributed by atoms with Gasteiger partial charge in [0.05, 0.1) is 15.1 Å². The highest BCUT2D eigenvalue weighted by molar-refractivity contribution is 7.90. The highest BCUT2D eigenvalue weighted by Gasteiger charge is 2.31. The molecule has 0 spiro atoms. The predicted molar refractivity (Wildman–Crippen MR) is 117 cm³/mol. The van der Waals surface area contributed by atoms with Crippen molar-refractivity contribution in [2.45, 2.75) is 11.8 Å². The third-order valence-corrected chi connectivity index (χ3v) is 6.85. The van der Waals surface area contributed by atoms with Crippen LogP contribution in [0.5, 0.6) is 0 Å². The van der Waals surface area contributed by atoms with Crippen molar-refractivity contribution in [3.05, 3.63) is 48.0 Å². The van der Waals surface area contributed by atoms with Gasteiger partial charge in [0.15, 0.2) is 15.0 Å². The smallest absolute Gasteiger partial charge is 0.313 e.